The van der Waals surface area contributed by atoms with Crippen LogP contribution in [0.2, 0.25) is 5.02 Å². The summed E-state index contributed by atoms with van der Waals surface area (Å²) in [6.45, 7) is 0. The molecule has 0 unspecified atom stereocenters. The molecule has 1 N–H and O–H groups in total. The third-order valence-corrected chi connectivity index (χ3v) is 6.50. The predicted octanol–water partition coefficient (Wildman–Crippen LogP) is 5.42. The first-order valence-electron chi connectivity index (χ1n) is 7.75. The summed E-state index contributed by atoms with van der Waals surface area (Å²) < 4.78 is 8.31. The number of fused-ring (bicyclic) bond motifs is 1. The van der Waals surface area contributed by atoms with Crippen molar-refractivity contribution in [2.24, 2.45) is 0 Å². The molecule has 0 aliphatic rings. The first-order valence-corrected chi connectivity index (χ1v) is 10.3. The second kappa shape index (κ2) is 7.47. The predicted molar refractivity (Wildman–Crippen MR) is 111 cm³/mol. The summed E-state index contributed by atoms with van der Waals surface area (Å²) in [7, 11) is 0. The molecule has 136 valence electrons. The van der Waals surface area contributed by atoms with E-state index in [1.54, 1.807) is 10.7 Å². The van der Waals surface area contributed by atoms with Crippen LogP contribution >= 0.6 is 46.9 Å². The van der Waals surface area contributed by atoms with E-state index in [2.05, 4.69) is 5.10 Å². The number of para-hydroxylation sites is 1. The first-order chi connectivity index (χ1) is 13.0. The number of thioether (sulfide) groups is 1. The summed E-state index contributed by atoms with van der Waals surface area (Å²) in [5.41, 5.74) is 1.46. The minimum atomic E-state index is -0.484. The van der Waals surface area contributed by atoms with E-state index in [4.69, 9.17) is 28.2 Å². The zero-order valence-electron chi connectivity index (χ0n) is 13.6. The summed E-state index contributed by atoms with van der Waals surface area (Å²) >= 11 is 14.3. The van der Waals surface area contributed by atoms with Gasteiger partial charge >= 0.3 is 5.63 Å². The molecule has 9 heteroatoms. The van der Waals surface area contributed by atoms with Crippen LogP contribution in [0, 0.1) is 3.95 Å². The second-order valence-electron chi connectivity index (χ2n) is 5.56. The van der Waals surface area contributed by atoms with Gasteiger partial charge in [-0.2, -0.15) is 0 Å². The molecule has 0 radical (unpaired) electrons. The quantitative estimate of drug-likeness (QED) is 0.263. The van der Waals surface area contributed by atoms with Crippen molar-refractivity contribution in [3.8, 4) is 11.4 Å². The lowest BCUT2D eigenvalue weighted by atomic mass is 10.1. The van der Waals surface area contributed by atoms with E-state index in [0.717, 1.165) is 15.6 Å². The monoisotopic (exact) mass is 434 g/mol. The number of phenols is 1. The molecule has 0 spiro atoms. The van der Waals surface area contributed by atoms with Gasteiger partial charge in [-0.05, 0) is 36.0 Å². The van der Waals surface area contributed by atoms with E-state index >= 15 is 0 Å². The van der Waals surface area contributed by atoms with Crippen molar-refractivity contribution in [3.63, 3.8) is 0 Å². The van der Waals surface area contributed by atoms with Gasteiger partial charge in [-0.3, -0.25) is 0 Å². The average molecular weight is 435 g/mol. The third kappa shape index (κ3) is 3.79. The van der Waals surface area contributed by atoms with Crippen LogP contribution in [-0.4, -0.2) is 14.9 Å². The SMILES string of the molecule is O=c1cc(CSc2nn(-c3ccccc3)c(=S)s2)c2cc(Cl)c(O)cc2o1. The Hall–Kier alpha value is -2.13. The van der Waals surface area contributed by atoms with Crippen molar-refractivity contribution < 1.29 is 9.52 Å². The number of nitrogens with zero attached hydrogens (tertiary/aromatic N) is 2. The first kappa shape index (κ1) is 18.2. The van der Waals surface area contributed by atoms with Gasteiger partial charge in [0, 0.05) is 23.3 Å². The number of hydrogen-bond acceptors (Lipinski definition) is 7. The molecule has 0 saturated heterocycles. The van der Waals surface area contributed by atoms with Crippen molar-refractivity contribution in [2.45, 2.75) is 10.1 Å². The Balaban J connectivity index is 1.66. The summed E-state index contributed by atoms with van der Waals surface area (Å²) in [4.78, 5) is 11.8. The zero-order chi connectivity index (χ0) is 19.0. The summed E-state index contributed by atoms with van der Waals surface area (Å²) in [5, 5.41) is 15.2. The van der Waals surface area contributed by atoms with Gasteiger partial charge in [0.2, 0.25) is 0 Å². The van der Waals surface area contributed by atoms with Crippen LogP contribution in [0.1, 0.15) is 5.56 Å². The Morgan fingerprint density at radius 1 is 1.26 bits per heavy atom. The van der Waals surface area contributed by atoms with Crippen LogP contribution in [0.15, 0.2) is 62.1 Å². The highest BCUT2D eigenvalue weighted by Crippen LogP contribution is 2.33. The van der Waals surface area contributed by atoms with Crippen LogP contribution in [-0.2, 0) is 5.75 Å². The number of aromatic hydroxyl groups is 1. The summed E-state index contributed by atoms with van der Waals surface area (Å²) in [6.07, 6.45) is 0. The number of phenolic OH excluding ortho intramolecular Hbond substituents is 1. The molecule has 2 aromatic carbocycles. The Kier molecular flexibility index (Phi) is 5.05. The average Bonchev–Trinajstić information content (AvgIpc) is 3.02. The smallest absolute Gasteiger partial charge is 0.336 e. The van der Waals surface area contributed by atoms with Crippen molar-refractivity contribution in [1.82, 2.24) is 9.78 Å². The molecule has 0 aliphatic heterocycles. The fourth-order valence-corrected chi connectivity index (χ4v) is 5.06. The lowest BCUT2D eigenvalue weighted by Gasteiger charge is -2.06. The molecule has 5 nitrogen and oxygen atoms in total. The second-order valence-corrected chi connectivity index (χ2v) is 8.81. The molecule has 0 atom stereocenters. The molecule has 0 amide bonds. The van der Waals surface area contributed by atoms with Crippen LogP contribution in [0.5, 0.6) is 5.75 Å². The molecule has 2 aromatic heterocycles. The van der Waals surface area contributed by atoms with Gasteiger partial charge < -0.3 is 9.52 Å². The van der Waals surface area contributed by atoms with Gasteiger partial charge in [0.1, 0.15) is 11.3 Å². The Morgan fingerprint density at radius 3 is 2.81 bits per heavy atom. The highest BCUT2D eigenvalue weighted by molar-refractivity contribution is 8.00. The maximum absolute atomic E-state index is 11.8. The fraction of sp³-hybridized carbons (Fsp3) is 0.0556. The van der Waals surface area contributed by atoms with Crippen LogP contribution in [0.4, 0.5) is 0 Å². The van der Waals surface area contributed by atoms with Gasteiger partial charge in [0.15, 0.2) is 8.29 Å². The largest absolute Gasteiger partial charge is 0.506 e. The summed E-state index contributed by atoms with van der Waals surface area (Å²) in [6, 6.07) is 14.0. The number of benzene rings is 2. The van der Waals surface area contributed by atoms with Gasteiger partial charge in [0.05, 0.1) is 10.7 Å². The zero-order valence-corrected chi connectivity index (χ0v) is 16.8. The molecule has 4 rings (SSSR count). The van der Waals surface area contributed by atoms with Crippen LogP contribution in [0.3, 0.4) is 0 Å². The summed E-state index contributed by atoms with van der Waals surface area (Å²) in [5.74, 6) is 0.358. The molecule has 0 aliphatic carbocycles. The van der Waals surface area contributed by atoms with E-state index in [0.29, 0.717) is 20.7 Å². The number of aromatic nitrogens is 2. The van der Waals surface area contributed by atoms with E-state index < -0.39 is 5.63 Å². The van der Waals surface area contributed by atoms with Gasteiger partial charge in [-0.1, -0.05) is 52.9 Å². The molecular weight excluding hydrogens is 424 g/mol. The van der Waals surface area contributed by atoms with Crippen molar-refractivity contribution in [3.05, 3.63) is 73.5 Å². The lowest BCUT2D eigenvalue weighted by molar-refractivity contribution is 0.473. The number of rotatable bonds is 4. The number of halogens is 1. The molecule has 0 fully saturated rings. The van der Waals surface area contributed by atoms with E-state index in [-0.39, 0.29) is 10.8 Å². The normalized spacial score (nSPS) is 11.1. The minimum absolute atomic E-state index is 0.128. The maximum Gasteiger partial charge on any atom is 0.336 e. The van der Waals surface area contributed by atoms with Crippen LogP contribution < -0.4 is 5.63 Å². The topological polar surface area (TPSA) is 68.3 Å². The molecule has 0 saturated carbocycles. The fourth-order valence-electron chi connectivity index (χ4n) is 2.55. The lowest BCUT2D eigenvalue weighted by Crippen LogP contribution is -2.00. The van der Waals surface area contributed by atoms with Crippen molar-refractivity contribution in [1.29, 1.82) is 0 Å². The Labute approximate surface area is 171 Å². The Bertz CT molecular complexity index is 1250. The standard InChI is InChI=1S/C18H11ClN2O3S3/c19-13-7-12-10(6-16(23)24-15(12)8-14(13)22)9-26-17-20-21(18(25)27-17)11-4-2-1-3-5-11/h1-8,22H,9H2. The maximum atomic E-state index is 11.8. The molecule has 0 bridgehead atoms. The minimum Gasteiger partial charge on any atom is -0.506 e. The van der Waals surface area contributed by atoms with Gasteiger partial charge in [-0.25, -0.2) is 9.48 Å². The highest BCUT2D eigenvalue weighted by Gasteiger charge is 2.12. The highest BCUT2D eigenvalue weighted by atomic mass is 35.5. The number of hydrogen-bond donors (Lipinski definition) is 1. The molecule has 27 heavy (non-hydrogen) atoms. The van der Waals surface area contributed by atoms with E-state index in [1.165, 1.54) is 35.2 Å². The Morgan fingerprint density at radius 2 is 2.04 bits per heavy atom. The van der Waals surface area contributed by atoms with E-state index in [9.17, 15) is 9.90 Å². The van der Waals surface area contributed by atoms with Crippen molar-refractivity contribution in [2.75, 3.05) is 0 Å². The van der Waals surface area contributed by atoms with Gasteiger partial charge in [-0.15, -0.1) is 5.10 Å². The third-order valence-electron chi connectivity index (χ3n) is 3.78. The molecular formula is C18H11ClN2O3S3. The van der Waals surface area contributed by atoms with Crippen LogP contribution in [0.25, 0.3) is 16.7 Å². The van der Waals surface area contributed by atoms with Gasteiger partial charge in [0.25, 0.3) is 0 Å². The molecule has 4 aromatic rings. The molecule has 2 heterocycles. The van der Waals surface area contributed by atoms with E-state index in [1.807, 2.05) is 30.3 Å². The van der Waals surface area contributed by atoms with Crippen molar-refractivity contribution >= 4 is 57.9 Å².